The van der Waals surface area contributed by atoms with Gasteiger partial charge in [0.25, 0.3) is 0 Å². The average Bonchev–Trinajstić information content (AvgIpc) is 2.61. The van der Waals surface area contributed by atoms with Gasteiger partial charge in [0.15, 0.2) is 5.78 Å². The summed E-state index contributed by atoms with van der Waals surface area (Å²) in [6.45, 7) is 5.03. The van der Waals surface area contributed by atoms with Crippen LogP contribution in [0.1, 0.15) is 45.5 Å². The molecule has 0 radical (unpaired) electrons. The summed E-state index contributed by atoms with van der Waals surface area (Å²) >= 11 is 0. The lowest BCUT2D eigenvalue weighted by Gasteiger charge is -2.07. The van der Waals surface area contributed by atoms with E-state index in [-0.39, 0.29) is 24.5 Å². The van der Waals surface area contributed by atoms with Crippen molar-refractivity contribution in [3.8, 4) is 0 Å². The Labute approximate surface area is 149 Å². The van der Waals surface area contributed by atoms with Gasteiger partial charge in [-0.15, -0.1) is 0 Å². The summed E-state index contributed by atoms with van der Waals surface area (Å²) < 4.78 is 5.07. The molecule has 2 rings (SSSR count). The average molecular weight is 339 g/mol. The first-order valence-corrected chi connectivity index (χ1v) is 8.43. The summed E-state index contributed by atoms with van der Waals surface area (Å²) in [5.41, 5.74) is 5.04. The molecule has 2 aromatic carbocycles. The number of ether oxygens (including phenoxy) is 1. The van der Waals surface area contributed by atoms with E-state index >= 15 is 0 Å². The van der Waals surface area contributed by atoms with E-state index in [1.54, 1.807) is 7.11 Å². The summed E-state index contributed by atoms with van der Waals surface area (Å²) in [7, 11) is 1.66. The van der Waals surface area contributed by atoms with Gasteiger partial charge in [-0.25, -0.2) is 0 Å². The van der Waals surface area contributed by atoms with Gasteiger partial charge in [-0.3, -0.25) is 9.59 Å². The minimum absolute atomic E-state index is 0.00201. The van der Waals surface area contributed by atoms with Crippen LogP contribution in [0.25, 0.3) is 0 Å². The Morgan fingerprint density at radius 3 is 2.24 bits per heavy atom. The smallest absolute Gasteiger partial charge is 0.220 e. The highest BCUT2D eigenvalue weighted by Crippen LogP contribution is 2.12. The lowest BCUT2D eigenvalue weighted by atomic mass is 10.0. The van der Waals surface area contributed by atoms with Crippen LogP contribution < -0.4 is 5.32 Å². The number of amides is 1. The molecule has 0 fully saturated rings. The molecule has 0 aliphatic carbocycles. The molecule has 0 atom stereocenters. The number of ketones is 1. The molecule has 0 bridgehead atoms. The molecule has 4 nitrogen and oxygen atoms in total. The number of aryl methyl sites for hydroxylation is 2. The number of rotatable bonds is 8. The van der Waals surface area contributed by atoms with Crippen molar-refractivity contribution in [1.82, 2.24) is 5.32 Å². The quantitative estimate of drug-likeness (QED) is 0.746. The number of carbonyl (C=O) groups excluding carboxylic acids is 2. The largest absolute Gasteiger partial charge is 0.380 e. The molecule has 0 aliphatic heterocycles. The predicted octanol–water partition coefficient (Wildman–Crippen LogP) is 3.73. The molecule has 0 saturated heterocycles. The third kappa shape index (κ3) is 5.84. The Morgan fingerprint density at radius 2 is 1.60 bits per heavy atom. The van der Waals surface area contributed by atoms with Gasteiger partial charge in [0.1, 0.15) is 0 Å². The van der Waals surface area contributed by atoms with Crippen LogP contribution in [0, 0.1) is 13.8 Å². The highest BCUT2D eigenvalue weighted by atomic mass is 16.5. The second-order valence-electron chi connectivity index (χ2n) is 6.25. The van der Waals surface area contributed by atoms with Crippen LogP contribution in [0.2, 0.25) is 0 Å². The highest BCUT2D eigenvalue weighted by Gasteiger charge is 2.10. The molecule has 132 valence electrons. The monoisotopic (exact) mass is 339 g/mol. The Balaban J connectivity index is 1.78. The number of carbonyl (C=O) groups is 2. The second-order valence-corrected chi connectivity index (χ2v) is 6.25. The Morgan fingerprint density at radius 1 is 0.920 bits per heavy atom. The summed E-state index contributed by atoms with van der Waals surface area (Å²) in [6.07, 6.45) is 0.425. The van der Waals surface area contributed by atoms with Crippen LogP contribution in [-0.4, -0.2) is 18.8 Å². The molecule has 1 N–H and O–H groups in total. The lowest BCUT2D eigenvalue weighted by molar-refractivity contribution is -0.121. The van der Waals surface area contributed by atoms with Gasteiger partial charge in [0, 0.05) is 32.1 Å². The number of methoxy groups -OCH3 is 1. The molecule has 0 spiro atoms. The third-order valence-electron chi connectivity index (χ3n) is 4.23. The fraction of sp³-hybridized carbons (Fsp3) is 0.333. The molecular formula is C21H25NO3. The van der Waals surface area contributed by atoms with Gasteiger partial charge in [-0.05, 0) is 42.2 Å². The molecule has 1 amide bonds. The fourth-order valence-electron chi connectivity index (χ4n) is 2.50. The van der Waals surface area contributed by atoms with Crippen molar-refractivity contribution >= 4 is 11.7 Å². The van der Waals surface area contributed by atoms with E-state index in [1.807, 2.05) is 56.3 Å². The highest BCUT2D eigenvalue weighted by molar-refractivity contribution is 5.98. The fourth-order valence-corrected chi connectivity index (χ4v) is 2.50. The maximum atomic E-state index is 12.2. The van der Waals surface area contributed by atoms with Gasteiger partial charge < -0.3 is 10.1 Å². The van der Waals surface area contributed by atoms with E-state index in [0.29, 0.717) is 18.7 Å². The van der Waals surface area contributed by atoms with Crippen molar-refractivity contribution in [3.05, 3.63) is 70.3 Å². The Hall–Kier alpha value is -2.46. The van der Waals surface area contributed by atoms with Crippen LogP contribution in [-0.2, 0) is 22.7 Å². The first kappa shape index (κ1) is 18.9. The van der Waals surface area contributed by atoms with Crippen LogP contribution in [0.5, 0.6) is 0 Å². The molecule has 0 unspecified atom stereocenters. The van der Waals surface area contributed by atoms with E-state index in [4.69, 9.17) is 4.74 Å². The topological polar surface area (TPSA) is 55.4 Å². The van der Waals surface area contributed by atoms with E-state index in [0.717, 1.165) is 22.3 Å². The van der Waals surface area contributed by atoms with Gasteiger partial charge in [-0.2, -0.15) is 0 Å². The molecule has 0 saturated carbocycles. The molecule has 0 aliphatic rings. The van der Waals surface area contributed by atoms with Gasteiger partial charge in [0.05, 0.1) is 6.61 Å². The summed E-state index contributed by atoms with van der Waals surface area (Å²) in [4.78, 5) is 24.2. The zero-order valence-electron chi connectivity index (χ0n) is 15.1. The molecule has 0 aromatic heterocycles. The van der Waals surface area contributed by atoms with E-state index in [1.165, 1.54) is 0 Å². The molecular weight excluding hydrogens is 314 g/mol. The Bertz CT molecular complexity index is 735. The van der Waals surface area contributed by atoms with Crippen molar-refractivity contribution in [2.45, 2.75) is 39.8 Å². The summed E-state index contributed by atoms with van der Waals surface area (Å²) in [5.74, 6) is -0.111. The van der Waals surface area contributed by atoms with Crippen molar-refractivity contribution in [1.29, 1.82) is 0 Å². The standard InChI is InChI=1S/C21H25NO3/c1-15-4-9-19(12-16(15)2)20(23)10-11-21(24)22-13-17-5-7-18(8-6-17)14-25-3/h4-9,12H,10-11,13-14H2,1-3H3,(H,22,24). The molecule has 0 heterocycles. The minimum Gasteiger partial charge on any atom is -0.380 e. The number of hydrogen-bond acceptors (Lipinski definition) is 3. The van der Waals surface area contributed by atoms with Crippen molar-refractivity contribution in [3.63, 3.8) is 0 Å². The van der Waals surface area contributed by atoms with Gasteiger partial charge >= 0.3 is 0 Å². The first-order valence-electron chi connectivity index (χ1n) is 8.43. The minimum atomic E-state index is -0.113. The van der Waals surface area contributed by atoms with Gasteiger partial charge in [0.2, 0.25) is 5.91 Å². The Kier molecular flexibility index (Phi) is 6.90. The molecule has 25 heavy (non-hydrogen) atoms. The zero-order valence-corrected chi connectivity index (χ0v) is 15.1. The van der Waals surface area contributed by atoms with E-state index in [9.17, 15) is 9.59 Å². The molecule has 4 heteroatoms. The summed E-state index contributed by atoms with van der Waals surface area (Å²) in [6, 6.07) is 13.5. The van der Waals surface area contributed by atoms with Crippen LogP contribution in [0.15, 0.2) is 42.5 Å². The maximum absolute atomic E-state index is 12.2. The number of hydrogen-bond donors (Lipinski definition) is 1. The van der Waals surface area contributed by atoms with Crippen molar-refractivity contribution < 1.29 is 14.3 Å². The SMILES string of the molecule is COCc1ccc(CNC(=O)CCC(=O)c2ccc(C)c(C)c2)cc1. The maximum Gasteiger partial charge on any atom is 0.220 e. The second kappa shape index (κ2) is 9.14. The van der Waals surface area contributed by atoms with E-state index in [2.05, 4.69) is 5.32 Å². The third-order valence-corrected chi connectivity index (χ3v) is 4.23. The summed E-state index contributed by atoms with van der Waals surface area (Å²) in [5, 5.41) is 2.86. The zero-order chi connectivity index (χ0) is 18.2. The molecule has 2 aromatic rings. The van der Waals surface area contributed by atoms with Crippen LogP contribution >= 0.6 is 0 Å². The first-order chi connectivity index (χ1) is 12.0. The van der Waals surface area contributed by atoms with Crippen molar-refractivity contribution in [2.75, 3.05) is 7.11 Å². The number of nitrogens with one attached hydrogen (secondary N) is 1. The lowest BCUT2D eigenvalue weighted by Crippen LogP contribution is -2.23. The van der Waals surface area contributed by atoms with Crippen LogP contribution in [0.3, 0.4) is 0 Å². The number of benzene rings is 2. The van der Waals surface area contributed by atoms with Crippen LogP contribution in [0.4, 0.5) is 0 Å². The van der Waals surface area contributed by atoms with Crippen molar-refractivity contribution in [2.24, 2.45) is 0 Å². The van der Waals surface area contributed by atoms with E-state index < -0.39 is 0 Å². The normalized spacial score (nSPS) is 10.5. The predicted molar refractivity (Wildman–Crippen MR) is 98.5 cm³/mol. The number of Topliss-reactive ketones (excluding diaryl/α,β-unsaturated/α-hetero) is 1. The van der Waals surface area contributed by atoms with Gasteiger partial charge in [-0.1, -0.05) is 36.4 Å².